The van der Waals surface area contributed by atoms with Gasteiger partial charge in [0.2, 0.25) is 0 Å². The summed E-state index contributed by atoms with van der Waals surface area (Å²) in [7, 11) is 0. The Kier molecular flexibility index (Phi) is 6.07. The summed E-state index contributed by atoms with van der Waals surface area (Å²) in [6.07, 6.45) is 3.01. The van der Waals surface area contributed by atoms with E-state index >= 15 is 0 Å². The van der Waals surface area contributed by atoms with Crippen LogP contribution >= 0.6 is 0 Å². The molecular weight excluding hydrogens is 200 g/mol. The second-order valence-electron chi connectivity index (χ2n) is 3.77. The summed E-state index contributed by atoms with van der Waals surface area (Å²) in [6, 6.07) is 10.1. The summed E-state index contributed by atoms with van der Waals surface area (Å²) in [4.78, 5) is 11.3. The minimum Gasteiger partial charge on any atom is -0.338 e. The van der Waals surface area contributed by atoms with Gasteiger partial charge in [0.1, 0.15) is 0 Å². The van der Waals surface area contributed by atoms with Crippen molar-refractivity contribution in [3.05, 3.63) is 35.9 Å². The quantitative estimate of drug-likeness (QED) is 0.710. The number of hydrogen-bond acceptors (Lipinski definition) is 1. The normalized spacial score (nSPS) is 9.81. The van der Waals surface area contributed by atoms with Gasteiger partial charge < -0.3 is 10.6 Å². The van der Waals surface area contributed by atoms with Crippen molar-refractivity contribution in [2.24, 2.45) is 0 Å². The van der Waals surface area contributed by atoms with E-state index in [0.29, 0.717) is 6.54 Å². The molecule has 0 aliphatic carbocycles. The fourth-order valence-corrected chi connectivity index (χ4v) is 1.41. The predicted octanol–water partition coefficient (Wildman–Crippen LogP) is 2.33. The molecule has 0 atom stereocenters. The molecule has 1 rings (SSSR count). The smallest absolute Gasteiger partial charge is 0.314 e. The van der Waals surface area contributed by atoms with Crippen LogP contribution in [0, 0.1) is 0 Å². The number of hydrogen-bond donors (Lipinski definition) is 2. The van der Waals surface area contributed by atoms with Crippen LogP contribution < -0.4 is 10.6 Å². The molecule has 16 heavy (non-hydrogen) atoms. The van der Waals surface area contributed by atoms with Gasteiger partial charge in [-0.05, 0) is 18.4 Å². The molecule has 1 aromatic rings. The van der Waals surface area contributed by atoms with Crippen LogP contribution in [0.5, 0.6) is 0 Å². The van der Waals surface area contributed by atoms with E-state index in [0.717, 1.165) is 25.8 Å². The second-order valence-corrected chi connectivity index (χ2v) is 3.77. The third-order valence-corrected chi connectivity index (χ3v) is 2.36. The van der Waals surface area contributed by atoms with Crippen LogP contribution in [0.3, 0.4) is 0 Å². The van der Waals surface area contributed by atoms with Crippen LogP contribution in [0.25, 0.3) is 0 Å². The standard InChI is InChI=1S/C13H20N2O/c1-2-3-10-14-13(16)15-11-9-12-7-5-4-6-8-12/h4-8H,2-3,9-11H2,1H3,(H2,14,15,16). The molecule has 2 amide bonds. The van der Waals surface area contributed by atoms with E-state index in [9.17, 15) is 4.79 Å². The molecule has 88 valence electrons. The van der Waals surface area contributed by atoms with Gasteiger partial charge in [0.15, 0.2) is 0 Å². The molecule has 0 saturated heterocycles. The first-order valence-corrected chi connectivity index (χ1v) is 5.88. The van der Waals surface area contributed by atoms with Gasteiger partial charge >= 0.3 is 6.03 Å². The zero-order chi connectivity index (χ0) is 11.6. The minimum atomic E-state index is -0.0654. The maximum Gasteiger partial charge on any atom is 0.314 e. The summed E-state index contributed by atoms with van der Waals surface area (Å²) in [5, 5.41) is 5.66. The van der Waals surface area contributed by atoms with Gasteiger partial charge in [-0.25, -0.2) is 4.79 Å². The Labute approximate surface area is 97.2 Å². The molecule has 2 N–H and O–H groups in total. The van der Waals surface area contributed by atoms with E-state index in [-0.39, 0.29) is 6.03 Å². The molecule has 0 spiro atoms. The third kappa shape index (κ3) is 5.39. The van der Waals surface area contributed by atoms with E-state index in [1.54, 1.807) is 0 Å². The summed E-state index contributed by atoms with van der Waals surface area (Å²) < 4.78 is 0. The Bertz CT molecular complexity index is 298. The fourth-order valence-electron chi connectivity index (χ4n) is 1.41. The first kappa shape index (κ1) is 12.6. The lowest BCUT2D eigenvalue weighted by atomic mass is 10.1. The molecule has 0 saturated carbocycles. The van der Waals surface area contributed by atoms with Crippen LogP contribution in [-0.2, 0) is 6.42 Å². The number of benzene rings is 1. The highest BCUT2D eigenvalue weighted by Crippen LogP contribution is 1.97. The Balaban J connectivity index is 2.09. The van der Waals surface area contributed by atoms with E-state index in [1.165, 1.54) is 5.56 Å². The lowest BCUT2D eigenvalue weighted by Gasteiger charge is -2.06. The largest absolute Gasteiger partial charge is 0.338 e. The molecule has 0 heterocycles. The van der Waals surface area contributed by atoms with Gasteiger partial charge in [0.05, 0.1) is 0 Å². The average molecular weight is 220 g/mol. The van der Waals surface area contributed by atoms with E-state index in [4.69, 9.17) is 0 Å². The number of carbonyl (C=O) groups excluding carboxylic acids is 1. The fraction of sp³-hybridized carbons (Fsp3) is 0.462. The van der Waals surface area contributed by atoms with Crippen molar-refractivity contribution < 1.29 is 4.79 Å². The van der Waals surface area contributed by atoms with Gasteiger partial charge in [-0.3, -0.25) is 0 Å². The molecule has 3 nitrogen and oxygen atoms in total. The van der Waals surface area contributed by atoms with Crippen molar-refractivity contribution in [2.75, 3.05) is 13.1 Å². The van der Waals surface area contributed by atoms with E-state index < -0.39 is 0 Å². The summed E-state index contributed by atoms with van der Waals surface area (Å²) in [5.41, 5.74) is 1.25. The predicted molar refractivity (Wildman–Crippen MR) is 66.5 cm³/mol. The van der Waals surface area contributed by atoms with Crippen molar-refractivity contribution in [3.63, 3.8) is 0 Å². The zero-order valence-corrected chi connectivity index (χ0v) is 9.83. The number of carbonyl (C=O) groups is 1. The van der Waals surface area contributed by atoms with Gasteiger partial charge in [0, 0.05) is 13.1 Å². The lowest BCUT2D eigenvalue weighted by Crippen LogP contribution is -2.37. The maximum atomic E-state index is 11.3. The number of amides is 2. The Morgan fingerprint density at radius 3 is 2.50 bits per heavy atom. The Morgan fingerprint density at radius 2 is 1.81 bits per heavy atom. The van der Waals surface area contributed by atoms with Crippen molar-refractivity contribution in [2.45, 2.75) is 26.2 Å². The minimum absolute atomic E-state index is 0.0654. The van der Waals surface area contributed by atoms with E-state index in [1.807, 2.05) is 18.2 Å². The number of unbranched alkanes of at least 4 members (excludes halogenated alkanes) is 1. The van der Waals surface area contributed by atoms with Gasteiger partial charge in [-0.15, -0.1) is 0 Å². The van der Waals surface area contributed by atoms with Crippen molar-refractivity contribution in [1.82, 2.24) is 10.6 Å². The first-order valence-electron chi connectivity index (χ1n) is 5.88. The van der Waals surface area contributed by atoms with Crippen LogP contribution in [0.4, 0.5) is 4.79 Å². The van der Waals surface area contributed by atoms with Crippen LogP contribution in [0.1, 0.15) is 25.3 Å². The third-order valence-electron chi connectivity index (χ3n) is 2.36. The van der Waals surface area contributed by atoms with Crippen molar-refractivity contribution in [3.8, 4) is 0 Å². The number of rotatable bonds is 6. The highest BCUT2D eigenvalue weighted by Gasteiger charge is 1.97. The van der Waals surface area contributed by atoms with Gasteiger partial charge in [-0.1, -0.05) is 43.7 Å². The number of urea groups is 1. The Hall–Kier alpha value is -1.51. The number of nitrogens with one attached hydrogen (secondary N) is 2. The highest BCUT2D eigenvalue weighted by molar-refractivity contribution is 5.73. The monoisotopic (exact) mass is 220 g/mol. The highest BCUT2D eigenvalue weighted by atomic mass is 16.2. The molecule has 3 heteroatoms. The average Bonchev–Trinajstić information content (AvgIpc) is 2.31. The molecule has 0 aliphatic heterocycles. The molecule has 0 unspecified atom stereocenters. The van der Waals surface area contributed by atoms with Crippen LogP contribution in [0.2, 0.25) is 0 Å². The maximum absolute atomic E-state index is 11.3. The van der Waals surface area contributed by atoms with Crippen LogP contribution in [-0.4, -0.2) is 19.1 Å². The van der Waals surface area contributed by atoms with E-state index in [2.05, 4.69) is 29.7 Å². The molecule has 0 bridgehead atoms. The SMILES string of the molecule is CCCCNC(=O)NCCc1ccccc1. The van der Waals surface area contributed by atoms with Crippen LogP contribution in [0.15, 0.2) is 30.3 Å². The molecule has 0 aromatic heterocycles. The van der Waals surface area contributed by atoms with Crippen molar-refractivity contribution in [1.29, 1.82) is 0 Å². The molecular formula is C13H20N2O. The molecule has 0 aliphatic rings. The molecule has 0 radical (unpaired) electrons. The Morgan fingerprint density at radius 1 is 1.12 bits per heavy atom. The van der Waals surface area contributed by atoms with Gasteiger partial charge in [0.25, 0.3) is 0 Å². The van der Waals surface area contributed by atoms with Gasteiger partial charge in [-0.2, -0.15) is 0 Å². The summed E-state index contributed by atoms with van der Waals surface area (Å²) >= 11 is 0. The summed E-state index contributed by atoms with van der Waals surface area (Å²) in [6.45, 7) is 3.55. The molecule has 0 fully saturated rings. The second kappa shape index (κ2) is 7.74. The first-order chi connectivity index (χ1) is 7.83. The lowest BCUT2D eigenvalue weighted by molar-refractivity contribution is 0.241. The topological polar surface area (TPSA) is 41.1 Å². The zero-order valence-electron chi connectivity index (χ0n) is 9.83. The van der Waals surface area contributed by atoms with Crippen molar-refractivity contribution >= 4 is 6.03 Å². The molecule has 1 aromatic carbocycles. The summed E-state index contributed by atoms with van der Waals surface area (Å²) in [5.74, 6) is 0.